The molecule has 2 aliphatic rings. The average molecular weight is 499 g/mol. The summed E-state index contributed by atoms with van der Waals surface area (Å²) in [4.78, 5) is 24.8. The number of amidine groups is 1. The van der Waals surface area contributed by atoms with Crippen LogP contribution in [0.15, 0.2) is 46.6 Å². The maximum Gasteiger partial charge on any atom is 0.240 e. The zero-order valence-corrected chi connectivity index (χ0v) is 20.4. The van der Waals surface area contributed by atoms with E-state index in [0.717, 1.165) is 29.2 Å². The lowest BCUT2D eigenvalue weighted by Crippen LogP contribution is -2.28. The minimum absolute atomic E-state index is 0.00330. The van der Waals surface area contributed by atoms with Gasteiger partial charge in [0.05, 0.1) is 14.2 Å². The van der Waals surface area contributed by atoms with E-state index in [4.69, 9.17) is 18.9 Å². The fraction of sp³-hybridized carbons (Fsp3) is 0.333. The number of ether oxygens (including phenoxy) is 4. The van der Waals surface area contributed by atoms with Gasteiger partial charge >= 0.3 is 0 Å². The number of aryl methyl sites for hydroxylation is 1. The van der Waals surface area contributed by atoms with Gasteiger partial charge in [-0.25, -0.2) is 0 Å². The Bertz CT molecular complexity index is 1180. The lowest BCUT2D eigenvalue weighted by Gasteiger charge is -2.11. The fourth-order valence-corrected chi connectivity index (χ4v) is 4.40. The summed E-state index contributed by atoms with van der Waals surface area (Å²) in [6.45, 7) is 2.13. The number of anilines is 1. The van der Waals surface area contributed by atoms with Gasteiger partial charge in [0.2, 0.25) is 18.6 Å². The third kappa shape index (κ3) is 6.24. The van der Waals surface area contributed by atoms with Crippen molar-refractivity contribution in [3.8, 4) is 23.0 Å². The highest BCUT2D eigenvalue weighted by molar-refractivity contribution is 8.15. The van der Waals surface area contributed by atoms with Gasteiger partial charge in [0.25, 0.3) is 0 Å². The Labute approximate surface area is 207 Å². The van der Waals surface area contributed by atoms with Gasteiger partial charge in [0.15, 0.2) is 28.2 Å². The van der Waals surface area contributed by atoms with Crippen LogP contribution in [0, 0.1) is 0 Å². The van der Waals surface area contributed by atoms with Gasteiger partial charge in [-0.2, -0.15) is 5.10 Å². The van der Waals surface area contributed by atoms with E-state index in [1.807, 2.05) is 25.1 Å². The number of rotatable bonds is 9. The van der Waals surface area contributed by atoms with Crippen LogP contribution < -0.4 is 29.6 Å². The monoisotopic (exact) mass is 498 g/mol. The van der Waals surface area contributed by atoms with Crippen molar-refractivity contribution in [2.24, 2.45) is 10.2 Å². The molecule has 2 aromatic carbocycles. The van der Waals surface area contributed by atoms with Crippen LogP contribution in [0.5, 0.6) is 23.0 Å². The molecule has 0 unspecified atom stereocenters. The van der Waals surface area contributed by atoms with Crippen molar-refractivity contribution in [3.63, 3.8) is 0 Å². The number of carbonyl (C=O) groups is 2. The van der Waals surface area contributed by atoms with Crippen LogP contribution >= 0.6 is 11.8 Å². The molecule has 1 saturated heterocycles. The Balaban J connectivity index is 1.28. The second-order valence-electron chi connectivity index (χ2n) is 7.85. The molecule has 1 fully saturated rings. The second-order valence-corrected chi connectivity index (χ2v) is 9.04. The Morgan fingerprint density at radius 2 is 1.94 bits per heavy atom. The van der Waals surface area contributed by atoms with Crippen molar-refractivity contribution in [1.29, 1.82) is 0 Å². The van der Waals surface area contributed by atoms with Gasteiger partial charge in [0.1, 0.15) is 5.25 Å². The lowest BCUT2D eigenvalue weighted by atomic mass is 10.1. The van der Waals surface area contributed by atoms with Gasteiger partial charge < -0.3 is 29.6 Å². The Morgan fingerprint density at radius 3 is 2.74 bits per heavy atom. The third-order valence-corrected chi connectivity index (χ3v) is 6.41. The predicted molar refractivity (Wildman–Crippen MR) is 134 cm³/mol. The van der Waals surface area contributed by atoms with Gasteiger partial charge in [0, 0.05) is 23.9 Å². The molecule has 1 atom stereocenters. The van der Waals surface area contributed by atoms with Crippen molar-refractivity contribution < 1.29 is 28.5 Å². The molecule has 0 aromatic heterocycles. The Hall–Kier alpha value is -3.73. The molecule has 10 nitrogen and oxygen atoms in total. The highest BCUT2D eigenvalue weighted by Crippen LogP contribution is 2.33. The molecule has 0 radical (unpaired) electrons. The molecule has 2 N–H and O–H groups in total. The van der Waals surface area contributed by atoms with Crippen molar-refractivity contribution in [1.82, 2.24) is 5.32 Å². The number of nitrogens with one attached hydrogen (secondary N) is 2. The normalized spacial score (nSPS) is 17.9. The van der Waals surface area contributed by atoms with Crippen LogP contribution in [0.2, 0.25) is 0 Å². The molecule has 0 saturated carbocycles. The maximum atomic E-state index is 12.5. The fourth-order valence-electron chi connectivity index (χ4n) is 3.48. The van der Waals surface area contributed by atoms with E-state index in [1.165, 1.54) is 26.0 Å². The molecule has 0 spiro atoms. The van der Waals surface area contributed by atoms with Gasteiger partial charge in [-0.15, -0.1) is 5.10 Å². The Kier molecular flexibility index (Phi) is 7.76. The van der Waals surface area contributed by atoms with E-state index >= 15 is 0 Å². The average Bonchev–Trinajstić information content (AvgIpc) is 3.46. The number of thioether (sulfide) groups is 1. The number of methoxy groups -OCH3 is 2. The number of benzene rings is 2. The van der Waals surface area contributed by atoms with E-state index in [9.17, 15) is 9.59 Å². The molecule has 11 heteroatoms. The molecular formula is C24H26N4O6S. The van der Waals surface area contributed by atoms with Crippen molar-refractivity contribution in [3.05, 3.63) is 42.0 Å². The quantitative estimate of drug-likeness (QED) is 0.402. The summed E-state index contributed by atoms with van der Waals surface area (Å²) in [5.41, 5.74) is 2.48. The van der Waals surface area contributed by atoms with Crippen LogP contribution in [0.4, 0.5) is 5.69 Å². The third-order valence-electron chi connectivity index (χ3n) is 5.34. The van der Waals surface area contributed by atoms with E-state index < -0.39 is 5.25 Å². The van der Waals surface area contributed by atoms with E-state index in [0.29, 0.717) is 28.8 Å². The standard InChI is InChI=1S/C24H26N4O6S/c1-14(4-5-15-6-8-18-20(10-15)34-13-33-18)27-28-24-26-23(30)21(35-24)12-22(29)25-16-7-9-17(31-2)19(11-16)32-3/h6-11,21H,4-5,12-13H2,1-3H3,(H,25,29)(H,26,28,30)/b27-14-/t21-/m0/s1. The number of hydrogen-bond acceptors (Lipinski definition) is 9. The lowest BCUT2D eigenvalue weighted by molar-refractivity contribution is -0.122. The van der Waals surface area contributed by atoms with E-state index in [1.54, 1.807) is 18.2 Å². The molecule has 2 heterocycles. The van der Waals surface area contributed by atoms with E-state index in [2.05, 4.69) is 20.8 Å². The number of amides is 2. The van der Waals surface area contributed by atoms with Crippen molar-refractivity contribution in [2.45, 2.75) is 31.4 Å². The molecule has 2 aromatic rings. The van der Waals surface area contributed by atoms with Crippen LogP contribution in [-0.4, -0.2) is 49.0 Å². The van der Waals surface area contributed by atoms with Crippen LogP contribution in [0.3, 0.4) is 0 Å². The summed E-state index contributed by atoms with van der Waals surface area (Å²) < 4.78 is 21.2. The summed E-state index contributed by atoms with van der Waals surface area (Å²) >= 11 is 1.19. The summed E-state index contributed by atoms with van der Waals surface area (Å²) in [6.07, 6.45) is 1.47. The van der Waals surface area contributed by atoms with Crippen LogP contribution in [-0.2, 0) is 16.0 Å². The summed E-state index contributed by atoms with van der Waals surface area (Å²) in [5, 5.41) is 13.6. The first kappa shape index (κ1) is 24.4. The highest BCUT2D eigenvalue weighted by atomic mass is 32.2. The Morgan fingerprint density at radius 1 is 1.14 bits per heavy atom. The maximum absolute atomic E-state index is 12.5. The van der Waals surface area contributed by atoms with Gasteiger partial charge in [-0.1, -0.05) is 17.8 Å². The summed E-state index contributed by atoms with van der Waals surface area (Å²) in [5.74, 6) is 2.00. The van der Waals surface area contributed by atoms with Crippen molar-refractivity contribution >= 4 is 40.1 Å². The zero-order chi connectivity index (χ0) is 24.8. The number of hydrogen-bond donors (Lipinski definition) is 2. The minimum atomic E-state index is -0.585. The minimum Gasteiger partial charge on any atom is -0.493 e. The molecule has 0 aliphatic carbocycles. The number of nitrogens with zero attached hydrogens (tertiary/aromatic N) is 2. The smallest absolute Gasteiger partial charge is 0.240 e. The first-order valence-electron chi connectivity index (χ1n) is 10.9. The van der Waals surface area contributed by atoms with Gasteiger partial charge in [-0.05, 0) is 49.6 Å². The molecule has 35 heavy (non-hydrogen) atoms. The SMILES string of the molecule is COc1ccc(NC(=O)C[C@@H]2S/C(=N\N=C(\C)CCc3ccc4c(c3)OCO4)NC2=O)cc1OC. The molecule has 2 aliphatic heterocycles. The van der Waals surface area contributed by atoms with Crippen LogP contribution in [0.1, 0.15) is 25.3 Å². The topological polar surface area (TPSA) is 120 Å². The number of carbonyl (C=O) groups excluding carboxylic acids is 2. The first-order valence-corrected chi connectivity index (χ1v) is 11.8. The van der Waals surface area contributed by atoms with Crippen molar-refractivity contribution in [2.75, 3.05) is 26.3 Å². The predicted octanol–water partition coefficient (Wildman–Crippen LogP) is 3.36. The molecule has 2 amide bonds. The highest BCUT2D eigenvalue weighted by Gasteiger charge is 2.32. The summed E-state index contributed by atoms with van der Waals surface area (Å²) in [6, 6.07) is 10.9. The van der Waals surface area contributed by atoms with Crippen LogP contribution in [0.25, 0.3) is 0 Å². The zero-order valence-electron chi connectivity index (χ0n) is 19.6. The largest absolute Gasteiger partial charge is 0.493 e. The number of fused-ring (bicyclic) bond motifs is 1. The molecule has 184 valence electrons. The molecule has 4 rings (SSSR count). The van der Waals surface area contributed by atoms with Gasteiger partial charge in [-0.3, -0.25) is 9.59 Å². The second kappa shape index (κ2) is 11.1. The molecular weight excluding hydrogens is 472 g/mol. The summed E-state index contributed by atoms with van der Waals surface area (Å²) in [7, 11) is 3.06. The first-order chi connectivity index (χ1) is 16.9. The van der Waals surface area contributed by atoms with E-state index in [-0.39, 0.29) is 25.0 Å². The molecule has 0 bridgehead atoms.